The van der Waals surface area contributed by atoms with E-state index in [4.69, 9.17) is 4.74 Å². The van der Waals surface area contributed by atoms with Gasteiger partial charge in [0.25, 0.3) is 0 Å². The molecule has 128 valence electrons. The van der Waals surface area contributed by atoms with E-state index in [0.29, 0.717) is 11.7 Å². The van der Waals surface area contributed by atoms with Crippen LogP contribution in [0.2, 0.25) is 0 Å². The molecule has 0 spiro atoms. The number of rotatable bonds is 4. The quantitative estimate of drug-likeness (QED) is 0.607. The molecule has 0 bridgehead atoms. The van der Waals surface area contributed by atoms with E-state index in [-0.39, 0.29) is 0 Å². The maximum absolute atomic E-state index is 5.12. The Morgan fingerprint density at radius 1 is 0.923 bits per heavy atom. The van der Waals surface area contributed by atoms with E-state index in [1.807, 2.05) is 43.4 Å². The zero-order chi connectivity index (χ0) is 17.9. The van der Waals surface area contributed by atoms with Gasteiger partial charge in [0, 0.05) is 48.2 Å². The number of aromatic nitrogens is 4. The van der Waals surface area contributed by atoms with Gasteiger partial charge >= 0.3 is 0 Å². The summed E-state index contributed by atoms with van der Waals surface area (Å²) in [6.45, 7) is 0. The van der Waals surface area contributed by atoms with Crippen molar-refractivity contribution in [2.45, 2.75) is 0 Å². The highest BCUT2D eigenvalue weighted by molar-refractivity contribution is 5.93. The van der Waals surface area contributed by atoms with Crippen molar-refractivity contribution in [3.63, 3.8) is 0 Å². The molecule has 6 heteroatoms. The third-order valence-corrected chi connectivity index (χ3v) is 4.13. The van der Waals surface area contributed by atoms with Crippen LogP contribution in [0.1, 0.15) is 0 Å². The summed E-state index contributed by atoms with van der Waals surface area (Å²) in [7, 11) is 3.46. The Hall–Kier alpha value is -3.54. The highest BCUT2D eigenvalue weighted by Crippen LogP contribution is 2.29. The fourth-order valence-electron chi connectivity index (χ4n) is 2.79. The Labute approximate surface area is 150 Å². The second-order valence-electron chi connectivity index (χ2n) is 5.71. The Morgan fingerprint density at radius 2 is 1.81 bits per heavy atom. The van der Waals surface area contributed by atoms with Crippen molar-refractivity contribution in [2.24, 2.45) is 0 Å². The zero-order valence-corrected chi connectivity index (χ0v) is 14.5. The average Bonchev–Trinajstić information content (AvgIpc) is 2.73. The van der Waals surface area contributed by atoms with Crippen LogP contribution in [0.5, 0.6) is 5.88 Å². The van der Waals surface area contributed by atoms with Gasteiger partial charge in [-0.2, -0.15) is 0 Å². The molecule has 1 aromatic carbocycles. The van der Waals surface area contributed by atoms with Crippen molar-refractivity contribution in [3.05, 3.63) is 61.1 Å². The highest BCUT2D eigenvalue weighted by atomic mass is 16.5. The third kappa shape index (κ3) is 2.93. The number of hydrogen-bond acceptors (Lipinski definition) is 6. The second kappa shape index (κ2) is 6.76. The highest BCUT2D eigenvalue weighted by Gasteiger charge is 2.10. The lowest BCUT2D eigenvalue weighted by molar-refractivity contribution is 0.398. The Morgan fingerprint density at radius 3 is 2.50 bits per heavy atom. The number of nitrogens with one attached hydrogen (secondary N) is 1. The summed E-state index contributed by atoms with van der Waals surface area (Å²) in [6.07, 6.45) is 5.29. The van der Waals surface area contributed by atoms with Gasteiger partial charge in [0.05, 0.1) is 12.6 Å². The van der Waals surface area contributed by atoms with Crippen LogP contribution in [-0.4, -0.2) is 34.1 Å². The minimum absolute atomic E-state index is 0.592. The Balaban J connectivity index is 1.82. The molecule has 0 aliphatic rings. The third-order valence-electron chi connectivity index (χ3n) is 4.13. The predicted octanol–water partition coefficient (Wildman–Crippen LogP) is 3.80. The summed E-state index contributed by atoms with van der Waals surface area (Å²) in [5.74, 6) is 2.01. The van der Waals surface area contributed by atoms with Gasteiger partial charge in [0.1, 0.15) is 5.82 Å². The van der Waals surface area contributed by atoms with Crippen molar-refractivity contribution < 1.29 is 4.74 Å². The van der Waals surface area contributed by atoms with E-state index in [2.05, 4.69) is 31.3 Å². The van der Waals surface area contributed by atoms with E-state index in [9.17, 15) is 0 Å². The smallest absolute Gasteiger partial charge is 0.212 e. The Kier molecular flexibility index (Phi) is 4.15. The maximum Gasteiger partial charge on any atom is 0.212 e. The van der Waals surface area contributed by atoms with Gasteiger partial charge < -0.3 is 10.1 Å². The Bertz CT molecular complexity index is 1050. The summed E-state index contributed by atoms with van der Waals surface area (Å²) in [6, 6.07) is 13.8. The SMILES string of the molecule is CNc1nc(-c2cccnc2)nc2ccc(-c3ccc(OC)nc3)cc12. The first-order valence-corrected chi connectivity index (χ1v) is 8.19. The topological polar surface area (TPSA) is 72.8 Å². The van der Waals surface area contributed by atoms with Crippen LogP contribution in [0.25, 0.3) is 33.4 Å². The molecule has 0 atom stereocenters. The minimum Gasteiger partial charge on any atom is -0.481 e. The summed E-state index contributed by atoms with van der Waals surface area (Å²) < 4.78 is 5.12. The molecule has 0 fully saturated rings. The molecule has 0 amide bonds. The van der Waals surface area contributed by atoms with Crippen LogP contribution in [-0.2, 0) is 0 Å². The molecular formula is C20H17N5O. The number of anilines is 1. The van der Waals surface area contributed by atoms with Crippen LogP contribution >= 0.6 is 0 Å². The average molecular weight is 343 g/mol. The largest absolute Gasteiger partial charge is 0.481 e. The first-order valence-electron chi connectivity index (χ1n) is 8.19. The number of pyridine rings is 2. The maximum atomic E-state index is 5.12. The van der Waals surface area contributed by atoms with Crippen LogP contribution in [0.4, 0.5) is 5.82 Å². The van der Waals surface area contributed by atoms with E-state index in [0.717, 1.165) is 33.4 Å². The molecule has 4 aromatic rings. The molecule has 0 saturated heterocycles. The minimum atomic E-state index is 0.592. The molecule has 0 saturated carbocycles. The van der Waals surface area contributed by atoms with E-state index >= 15 is 0 Å². The number of nitrogens with zero attached hydrogens (tertiary/aromatic N) is 4. The normalized spacial score (nSPS) is 10.7. The number of methoxy groups -OCH3 is 1. The van der Waals surface area contributed by atoms with Crippen molar-refractivity contribution in [1.29, 1.82) is 0 Å². The van der Waals surface area contributed by atoms with E-state index < -0.39 is 0 Å². The first-order chi connectivity index (χ1) is 12.8. The number of hydrogen-bond donors (Lipinski definition) is 1. The molecule has 3 aromatic heterocycles. The summed E-state index contributed by atoms with van der Waals surface area (Å²) in [5.41, 5.74) is 3.80. The summed E-state index contributed by atoms with van der Waals surface area (Å²) >= 11 is 0. The van der Waals surface area contributed by atoms with Gasteiger partial charge in [-0.15, -0.1) is 0 Å². The van der Waals surface area contributed by atoms with Crippen molar-refractivity contribution >= 4 is 16.7 Å². The van der Waals surface area contributed by atoms with Crippen molar-refractivity contribution in [3.8, 4) is 28.4 Å². The summed E-state index contributed by atoms with van der Waals surface area (Å²) in [5, 5.41) is 4.12. The lowest BCUT2D eigenvalue weighted by atomic mass is 10.0. The molecule has 4 rings (SSSR count). The van der Waals surface area contributed by atoms with Crippen molar-refractivity contribution in [2.75, 3.05) is 19.5 Å². The number of ether oxygens (including phenoxy) is 1. The molecule has 26 heavy (non-hydrogen) atoms. The van der Waals surface area contributed by atoms with Gasteiger partial charge in [-0.3, -0.25) is 4.98 Å². The molecule has 0 radical (unpaired) electrons. The van der Waals surface area contributed by atoms with Gasteiger partial charge in [0.15, 0.2) is 5.82 Å². The standard InChI is InChI=1S/C20H17N5O/c1-21-20-16-10-13(14-6-8-18(26-2)23-12-14)5-7-17(16)24-19(25-20)15-4-3-9-22-11-15/h3-12H,1-2H3,(H,21,24,25). The molecule has 0 unspecified atom stereocenters. The van der Waals surface area contributed by atoms with Crippen LogP contribution in [0.15, 0.2) is 61.1 Å². The van der Waals surface area contributed by atoms with E-state index in [1.54, 1.807) is 25.7 Å². The molecule has 0 aliphatic heterocycles. The fourth-order valence-corrected chi connectivity index (χ4v) is 2.79. The van der Waals surface area contributed by atoms with Crippen molar-refractivity contribution in [1.82, 2.24) is 19.9 Å². The van der Waals surface area contributed by atoms with Crippen LogP contribution in [0, 0.1) is 0 Å². The first kappa shape index (κ1) is 16.0. The molecule has 1 N–H and O–H groups in total. The second-order valence-corrected chi connectivity index (χ2v) is 5.71. The molecular weight excluding hydrogens is 326 g/mol. The monoisotopic (exact) mass is 343 g/mol. The van der Waals surface area contributed by atoms with Crippen LogP contribution < -0.4 is 10.1 Å². The van der Waals surface area contributed by atoms with Gasteiger partial charge in [-0.25, -0.2) is 15.0 Å². The fraction of sp³-hybridized carbons (Fsp3) is 0.100. The molecule has 0 aliphatic carbocycles. The number of fused-ring (bicyclic) bond motifs is 1. The van der Waals surface area contributed by atoms with Gasteiger partial charge in [-0.1, -0.05) is 6.07 Å². The molecule has 6 nitrogen and oxygen atoms in total. The van der Waals surface area contributed by atoms with Gasteiger partial charge in [0.2, 0.25) is 5.88 Å². The lowest BCUT2D eigenvalue weighted by Crippen LogP contribution is -1.99. The zero-order valence-electron chi connectivity index (χ0n) is 14.5. The van der Waals surface area contributed by atoms with Gasteiger partial charge in [-0.05, 0) is 35.9 Å². The van der Waals surface area contributed by atoms with Crippen LogP contribution in [0.3, 0.4) is 0 Å². The summed E-state index contributed by atoms with van der Waals surface area (Å²) in [4.78, 5) is 17.8. The lowest BCUT2D eigenvalue weighted by Gasteiger charge is -2.10. The molecule has 3 heterocycles. The van der Waals surface area contributed by atoms with E-state index in [1.165, 1.54) is 0 Å². The predicted molar refractivity (Wildman–Crippen MR) is 102 cm³/mol. The number of benzene rings is 1.